The molecule has 0 unspecified atom stereocenters. The molecular formula is C23H30N2O3. The van der Waals surface area contributed by atoms with Crippen molar-refractivity contribution in [2.45, 2.75) is 46.7 Å². The topological polar surface area (TPSA) is 49.9 Å². The highest BCUT2D eigenvalue weighted by Crippen LogP contribution is 2.28. The summed E-state index contributed by atoms with van der Waals surface area (Å²) < 4.78 is 5.65. The number of benzene rings is 2. The molecule has 0 atom stereocenters. The molecule has 2 rings (SSSR count). The van der Waals surface area contributed by atoms with Crippen molar-refractivity contribution in [2.75, 3.05) is 18.1 Å². The fraction of sp³-hybridized carbons (Fsp3) is 0.391. The maximum atomic E-state index is 12.9. The summed E-state index contributed by atoms with van der Waals surface area (Å²) in [7, 11) is 0. The Balaban J connectivity index is 2.11. The number of para-hydroxylation sites is 2. The first-order chi connectivity index (χ1) is 13.4. The predicted octanol–water partition coefficient (Wildman–Crippen LogP) is 4.27. The van der Waals surface area contributed by atoms with E-state index in [9.17, 15) is 9.59 Å². The van der Waals surface area contributed by atoms with E-state index in [4.69, 9.17) is 4.74 Å². The second-order valence-corrected chi connectivity index (χ2v) is 6.92. The van der Waals surface area contributed by atoms with E-state index in [-0.39, 0.29) is 24.3 Å². The number of carbonyl (C=O) groups excluding carboxylic acids is 2. The number of nitrogens with zero attached hydrogens (tertiary/aromatic N) is 2. The molecule has 0 aliphatic rings. The van der Waals surface area contributed by atoms with E-state index in [1.165, 1.54) is 6.92 Å². The van der Waals surface area contributed by atoms with Crippen LogP contribution in [0.5, 0.6) is 5.75 Å². The average molecular weight is 383 g/mol. The Hall–Kier alpha value is -2.82. The maximum Gasteiger partial charge on any atom is 0.224 e. The van der Waals surface area contributed by atoms with Crippen LogP contribution in [-0.4, -0.2) is 35.9 Å². The third kappa shape index (κ3) is 5.84. The number of carbonyl (C=O) groups is 2. The molecule has 0 aliphatic heterocycles. The Morgan fingerprint density at radius 3 is 2.25 bits per heavy atom. The van der Waals surface area contributed by atoms with Gasteiger partial charge in [0.25, 0.3) is 0 Å². The molecule has 0 heterocycles. The lowest BCUT2D eigenvalue weighted by Crippen LogP contribution is -2.39. The molecule has 2 amide bonds. The first-order valence-corrected chi connectivity index (χ1v) is 9.77. The van der Waals surface area contributed by atoms with Crippen LogP contribution in [0, 0.1) is 0 Å². The molecule has 5 heteroatoms. The summed E-state index contributed by atoms with van der Waals surface area (Å²) in [5, 5.41) is 0. The lowest BCUT2D eigenvalue weighted by molar-refractivity contribution is -0.133. The van der Waals surface area contributed by atoms with Gasteiger partial charge in [-0.15, -0.1) is 0 Å². The summed E-state index contributed by atoms with van der Waals surface area (Å²) in [6.07, 6.45) is 0.255. The van der Waals surface area contributed by atoms with Crippen LogP contribution in [0.1, 0.15) is 39.7 Å². The predicted molar refractivity (Wildman–Crippen MR) is 112 cm³/mol. The highest BCUT2D eigenvalue weighted by Gasteiger charge is 2.21. The van der Waals surface area contributed by atoms with E-state index >= 15 is 0 Å². The van der Waals surface area contributed by atoms with Crippen molar-refractivity contribution >= 4 is 17.5 Å². The van der Waals surface area contributed by atoms with E-state index < -0.39 is 0 Å². The minimum Gasteiger partial charge on any atom is -0.492 e. The minimum absolute atomic E-state index is 0.0268. The number of hydrogen-bond acceptors (Lipinski definition) is 3. The molecule has 2 aromatic rings. The second kappa shape index (κ2) is 10.5. The number of amides is 2. The summed E-state index contributed by atoms with van der Waals surface area (Å²) in [6, 6.07) is 17.4. The van der Waals surface area contributed by atoms with Crippen LogP contribution in [0.15, 0.2) is 54.6 Å². The number of ether oxygens (including phenoxy) is 1. The molecule has 5 nitrogen and oxygen atoms in total. The van der Waals surface area contributed by atoms with Crippen molar-refractivity contribution < 1.29 is 14.3 Å². The zero-order valence-electron chi connectivity index (χ0n) is 17.2. The molecule has 28 heavy (non-hydrogen) atoms. The molecule has 0 aliphatic carbocycles. The number of hydrogen-bond donors (Lipinski definition) is 0. The number of anilines is 1. The average Bonchev–Trinajstić information content (AvgIpc) is 2.68. The lowest BCUT2D eigenvalue weighted by Gasteiger charge is -2.29. The van der Waals surface area contributed by atoms with Gasteiger partial charge in [0.05, 0.1) is 12.3 Å². The standard InChI is InChI=1S/C23H30N2O3/c1-5-28-22-14-10-9-13-21(22)24(19(4)26)16-15-23(27)25(18(2)3)17-20-11-7-6-8-12-20/h6-14,18H,5,15-17H2,1-4H3. The third-order valence-electron chi connectivity index (χ3n) is 4.52. The minimum atomic E-state index is -0.112. The van der Waals surface area contributed by atoms with Gasteiger partial charge in [-0.25, -0.2) is 0 Å². The zero-order valence-corrected chi connectivity index (χ0v) is 17.2. The van der Waals surface area contributed by atoms with Crippen molar-refractivity contribution in [1.82, 2.24) is 4.90 Å². The molecule has 0 aromatic heterocycles. The zero-order chi connectivity index (χ0) is 20.5. The van der Waals surface area contributed by atoms with Gasteiger partial charge in [-0.05, 0) is 38.5 Å². The molecule has 0 spiro atoms. The summed E-state index contributed by atoms with van der Waals surface area (Å²) in [5.41, 5.74) is 1.79. The second-order valence-electron chi connectivity index (χ2n) is 6.92. The van der Waals surface area contributed by atoms with Gasteiger partial charge in [0.1, 0.15) is 5.75 Å². The van der Waals surface area contributed by atoms with Gasteiger partial charge in [0, 0.05) is 32.5 Å². The van der Waals surface area contributed by atoms with Gasteiger partial charge in [-0.2, -0.15) is 0 Å². The van der Waals surface area contributed by atoms with Gasteiger partial charge >= 0.3 is 0 Å². The summed E-state index contributed by atoms with van der Waals surface area (Å²) in [6.45, 7) is 8.82. The normalized spacial score (nSPS) is 10.6. The van der Waals surface area contributed by atoms with Gasteiger partial charge < -0.3 is 14.5 Å². The summed E-state index contributed by atoms with van der Waals surface area (Å²) in [5.74, 6) is 0.566. The largest absolute Gasteiger partial charge is 0.492 e. The molecule has 150 valence electrons. The molecular weight excluding hydrogens is 352 g/mol. The summed E-state index contributed by atoms with van der Waals surface area (Å²) in [4.78, 5) is 28.6. The van der Waals surface area contributed by atoms with Crippen LogP contribution in [0.3, 0.4) is 0 Å². The fourth-order valence-corrected chi connectivity index (χ4v) is 3.10. The highest BCUT2D eigenvalue weighted by atomic mass is 16.5. The third-order valence-corrected chi connectivity index (χ3v) is 4.52. The van der Waals surface area contributed by atoms with E-state index in [0.717, 1.165) is 5.56 Å². The van der Waals surface area contributed by atoms with E-state index in [0.29, 0.717) is 31.1 Å². The van der Waals surface area contributed by atoms with E-state index in [2.05, 4.69) is 0 Å². The molecule has 0 saturated carbocycles. The first kappa shape index (κ1) is 21.5. The van der Waals surface area contributed by atoms with Crippen LogP contribution >= 0.6 is 0 Å². The van der Waals surface area contributed by atoms with Gasteiger partial charge in [0.15, 0.2) is 0 Å². The van der Waals surface area contributed by atoms with Crippen LogP contribution in [-0.2, 0) is 16.1 Å². The van der Waals surface area contributed by atoms with Crippen LogP contribution in [0.25, 0.3) is 0 Å². The van der Waals surface area contributed by atoms with E-state index in [1.807, 2.05) is 80.3 Å². The van der Waals surface area contributed by atoms with Crippen LogP contribution in [0.2, 0.25) is 0 Å². The van der Waals surface area contributed by atoms with E-state index in [1.54, 1.807) is 4.90 Å². The first-order valence-electron chi connectivity index (χ1n) is 9.77. The monoisotopic (exact) mass is 382 g/mol. The van der Waals surface area contributed by atoms with Gasteiger partial charge in [0.2, 0.25) is 11.8 Å². The van der Waals surface area contributed by atoms with Crippen molar-refractivity contribution in [2.24, 2.45) is 0 Å². The van der Waals surface area contributed by atoms with Crippen molar-refractivity contribution in [3.8, 4) is 5.75 Å². The molecule has 2 aromatic carbocycles. The Morgan fingerprint density at radius 1 is 1.00 bits per heavy atom. The Morgan fingerprint density at radius 2 is 1.64 bits per heavy atom. The molecule has 0 saturated heterocycles. The molecule has 0 bridgehead atoms. The molecule has 0 radical (unpaired) electrons. The van der Waals surface area contributed by atoms with Crippen LogP contribution in [0.4, 0.5) is 5.69 Å². The smallest absolute Gasteiger partial charge is 0.224 e. The molecule has 0 N–H and O–H groups in total. The van der Waals surface area contributed by atoms with Gasteiger partial charge in [-0.1, -0.05) is 42.5 Å². The Kier molecular flexibility index (Phi) is 8.05. The number of rotatable bonds is 9. The fourth-order valence-electron chi connectivity index (χ4n) is 3.10. The van der Waals surface area contributed by atoms with Crippen molar-refractivity contribution in [1.29, 1.82) is 0 Å². The van der Waals surface area contributed by atoms with Crippen LogP contribution < -0.4 is 9.64 Å². The Bertz CT molecular complexity index is 774. The maximum absolute atomic E-state index is 12.9. The van der Waals surface area contributed by atoms with Crippen molar-refractivity contribution in [3.63, 3.8) is 0 Å². The SMILES string of the molecule is CCOc1ccccc1N(CCC(=O)N(Cc1ccccc1)C(C)C)C(C)=O. The van der Waals surface area contributed by atoms with Crippen molar-refractivity contribution in [3.05, 3.63) is 60.2 Å². The lowest BCUT2D eigenvalue weighted by atomic mass is 10.1. The van der Waals surface area contributed by atoms with Gasteiger partial charge in [-0.3, -0.25) is 9.59 Å². The molecule has 0 fully saturated rings. The Labute approximate surface area is 167 Å². The highest BCUT2D eigenvalue weighted by molar-refractivity contribution is 5.93. The summed E-state index contributed by atoms with van der Waals surface area (Å²) >= 11 is 0. The quantitative estimate of drug-likeness (QED) is 0.651.